The number of piperidine rings is 1. The average molecular weight is 363 g/mol. The molecule has 1 fully saturated rings. The van der Waals surface area contributed by atoms with E-state index in [1.165, 1.54) is 5.56 Å². The first-order valence-electron chi connectivity index (χ1n) is 9.70. The van der Waals surface area contributed by atoms with Gasteiger partial charge in [-0.25, -0.2) is 0 Å². The van der Waals surface area contributed by atoms with Gasteiger partial charge in [0.05, 0.1) is 20.8 Å². The highest BCUT2D eigenvalue weighted by Gasteiger charge is 2.29. The van der Waals surface area contributed by atoms with Crippen LogP contribution in [0.5, 0.6) is 11.5 Å². The molecule has 2 rings (SSSR count). The van der Waals surface area contributed by atoms with Crippen LogP contribution < -0.4 is 9.47 Å². The van der Waals surface area contributed by atoms with Gasteiger partial charge in [0, 0.05) is 19.5 Å². The molecule has 0 radical (unpaired) electrons. The zero-order chi connectivity index (χ0) is 18.9. The van der Waals surface area contributed by atoms with E-state index in [1.54, 1.807) is 14.2 Å². The molecule has 2 atom stereocenters. The maximum atomic E-state index is 11.8. The summed E-state index contributed by atoms with van der Waals surface area (Å²) >= 11 is 0. The first-order chi connectivity index (χ1) is 12.6. The highest BCUT2D eigenvalue weighted by atomic mass is 16.5. The third kappa shape index (κ3) is 5.63. The van der Waals surface area contributed by atoms with Gasteiger partial charge in [-0.05, 0) is 55.8 Å². The van der Waals surface area contributed by atoms with Crippen molar-refractivity contribution in [3.63, 3.8) is 0 Å². The summed E-state index contributed by atoms with van der Waals surface area (Å²) < 4.78 is 15.8. The fourth-order valence-corrected chi connectivity index (χ4v) is 3.85. The second-order valence-corrected chi connectivity index (χ2v) is 6.97. The van der Waals surface area contributed by atoms with Crippen LogP contribution in [-0.2, 0) is 16.0 Å². The number of benzene rings is 1. The average Bonchev–Trinajstić information content (AvgIpc) is 2.67. The van der Waals surface area contributed by atoms with Gasteiger partial charge in [-0.3, -0.25) is 4.79 Å². The molecule has 1 aliphatic heterocycles. The predicted octanol–water partition coefficient (Wildman–Crippen LogP) is 3.55. The summed E-state index contributed by atoms with van der Waals surface area (Å²) in [7, 11) is 3.32. The zero-order valence-corrected chi connectivity index (χ0v) is 16.6. The lowest BCUT2D eigenvalue weighted by Crippen LogP contribution is -2.42. The summed E-state index contributed by atoms with van der Waals surface area (Å²) in [5.74, 6) is 2.52. The molecule has 0 aromatic heterocycles. The monoisotopic (exact) mass is 363 g/mol. The normalized spacial score (nSPS) is 20.6. The van der Waals surface area contributed by atoms with E-state index in [-0.39, 0.29) is 5.97 Å². The molecule has 0 amide bonds. The van der Waals surface area contributed by atoms with Gasteiger partial charge in [0.1, 0.15) is 0 Å². The summed E-state index contributed by atoms with van der Waals surface area (Å²) in [6.45, 7) is 7.70. The Morgan fingerprint density at radius 2 is 1.92 bits per heavy atom. The predicted molar refractivity (Wildman–Crippen MR) is 103 cm³/mol. The Balaban J connectivity index is 1.87. The van der Waals surface area contributed by atoms with Crippen LogP contribution in [-0.4, -0.2) is 51.3 Å². The third-order valence-electron chi connectivity index (χ3n) is 5.40. The second kappa shape index (κ2) is 10.4. The van der Waals surface area contributed by atoms with Gasteiger partial charge in [0.15, 0.2) is 11.5 Å². The molecule has 0 saturated carbocycles. The van der Waals surface area contributed by atoms with Crippen molar-refractivity contribution in [2.24, 2.45) is 11.8 Å². The number of likely N-dealkylation sites (tertiary alicyclic amines) is 1. The molecule has 1 aromatic rings. The maximum Gasteiger partial charge on any atom is 0.306 e. The van der Waals surface area contributed by atoms with Crippen LogP contribution in [0.2, 0.25) is 0 Å². The maximum absolute atomic E-state index is 11.8. The van der Waals surface area contributed by atoms with Crippen molar-refractivity contribution < 1.29 is 19.0 Å². The van der Waals surface area contributed by atoms with Crippen LogP contribution in [0.4, 0.5) is 0 Å². The molecule has 0 bridgehead atoms. The van der Waals surface area contributed by atoms with E-state index in [1.807, 2.05) is 13.0 Å². The lowest BCUT2D eigenvalue weighted by atomic mass is 9.81. The number of hydrogen-bond donors (Lipinski definition) is 0. The quantitative estimate of drug-likeness (QED) is 0.628. The lowest BCUT2D eigenvalue weighted by molar-refractivity contribution is -0.145. The molecule has 0 N–H and O–H groups in total. The van der Waals surface area contributed by atoms with Crippen LogP contribution in [0, 0.1) is 11.8 Å². The Hall–Kier alpha value is -1.75. The van der Waals surface area contributed by atoms with Gasteiger partial charge in [-0.15, -0.1) is 0 Å². The molecule has 1 saturated heterocycles. The fraction of sp³-hybridized carbons (Fsp3) is 0.667. The number of carbonyl (C=O) groups excluding carboxylic acids is 1. The molecule has 1 aliphatic rings. The minimum atomic E-state index is -0.0465. The Bertz CT molecular complexity index is 575. The third-order valence-corrected chi connectivity index (χ3v) is 5.40. The van der Waals surface area contributed by atoms with Crippen molar-refractivity contribution in [3.05, 3.63) is 23.8 Å². The van der Waals surface area contributed by atoms with Crippen molar-refractivity contribution in [1.82, 2.24) is 4.90 Å². The van der Waals surface area contributed by atoms with Crippen LogP contribution in [0.3, 0.4) is 0 Å². The van der Waals surface area contributed by atoms with Gasteiger partial charge in [0.25, 0.3) is 0 Å². The number of carbonyl (C=O) groups is 1. The smallest absolute Gasteiger partial charge is 0.306 e. The fourth-order valence-electron chi connectivity index (χ4n) is 3.85. The summed E-state index contributed by atoms with van der Waals surface area (Å²) in [5, 5.41) is 0. The number of ether oxygens (including phenoxy) is 3. The number of rotatable bonds is 9. The van der Waals surface area contributed by atoms with Gasteiger partial charge in [0.2, 0.25) is 0 Å². The van der Waals surface area contributed by atoms with E-state index in [0.717, 1.165) is 50.4 Å². The number of nitrogens with zero attached hydrogens (tertiary/aromatic N) is 1. The van der Waals surface area contributed by atoms with Gasteiger partial charge < -0.3 is 19.1 Å². The van der Waals surface area contributed by atoms with Crippen LogP contribution >= 0.6 is 0 Å². The molecule has 146 valence electrons. The van der Waals surface area contributed by atoms with Crippen molar-refractivity contribution in [1.29, 1.82) is 0 Å². The molecular formula is C21H33NO4. The molecule has 1 heterocycles. The number of hydrogen-bond acceptors (Lipinski definition) is 5. The molecule has 5 heteroatoms. The first kappa shape index (κ1) is 20.6. The van der Waals surface area contributed by atoms with Crippen molar-refractivity contribution in [2.75, 3.05) is 40.5 Å². The van der Waals surface area contributed by atoms with Crippen LogP contribution in [0.1, 0.15) is 38.7 Å². The van der Waals surface area contributed by atoms with Crippen molar-refractivity contribution in [3.8, 4) is 11.5 Å². The van der Waals surface area contributed by atoms with E-state index < -0.39 is 0 Å². The van der Waals surface area contributed by atoms with Gasteiger partial charge in [-0.2, -0.15) is 0 Å². The van der Waals surface area contributed by atoms with E-state index in [9.17, 15) is 4.79 Å². The summed E-state index contributed by atoms with van der Waals surface area (Å²) in [5.41, 5.74) is 1.25. The van der Waals surface area contributed by atoms with E-state index >= 15 is 0 Å². The van der Waals surface area contributed by atoms with Crippen LogP contribution in [0.25, 0.3) is 0 Å². The Morgan fingerprint density at radius 3 is 2.58 bits per heavy atom. The Labute approximate surface area is 157 Å². The molecule has 0 aliphatic carbocycles. The number of esters is 1. The highest BCUT2D eigenvalue weighted by molar-refractivity contribution is 5.69. The van der Waals surface area contributed by atoms with Crippen molar-refractivity contribution >= 4 is 5.97 Å². The van der Waals surface area contributed by atoms with E-state index in [4.69, 9.17) is 14.2 Å². The SMILES string of the molecule is CCOC(=O)CC1CCN(CCc2ccc(OC)c(OC)c2)CC1CC. The van der Waals surface area contributed by atoms with E-state index in [2.05, 4.69) is 24.0 Å². The highest BCUT2D eigenvalue weighted by Crippen LogP contribution is 2.30. The van der Waals surface area contributed by atoms with E-state index in [0.29, 0.717) is 24.9 Å². The molecular weight excluding hydrogens is 330 g/mol. The second-order valence-electron chi connectivity index (χ2n) is 6.97. The van der Waals surface area contributed by atoms with Gasteiger partial charge >= 0.3 is 5.97 Å². The molecule has 2 unspecified atom stereocenters. The topological polar surface area (TPSA) is 48.0 Å². The summed E-state index contributed by atoms with van der Waals surface area (Å²) in [6, 6.07) is 6.13. The lowest BCUT2D eigenvalue weighted by Gasteiger charge is -2.38. The first-order valence-corrected chi connectivity index (χ1v) is 9.70. The van der Waals surface area contributed by atoms with Gasteiger partial charge in [-0.1, -0.05) is 19.4 Å². The Morgan fingerprint density at radius 1 is 1.15 bits per heavy atom. The largest absolute Gasteiger partial charge is 0.493 e. The standard InChI is InChI=1S/C21H33NO4/c1-5-17-15-22(12-10-18(17)14-21(23)26-6-2)11-9-16-7-8-19(24-3)20(13-16)25-4/h7-8,13,17-18H,5-6,9-12,14-15H2,1-4H3. The van der Waals surface area contributed by atoms with Crippen molar-refractivity contribution in [2.45, 2.75) is 39.5 Å². The minimum absolute atomic E-state index is 0.0465. The molecule has 1 aromatic carbocycles. The number of methoxy groups -OCH3 is 2. The minimum Gasteiger partial charge on any atom is -0.493 e. The molecule has 26 heavy (non-hydrogen) atoms. The Kier molecular flexibility index (Phi) is 8.23. The van der Waals surface area contributed by atoms with Crippen LogP contribution in [0.15, 0.2) is 18.2 Å². The molecule has 5 nitrogen and oxygen atoms in total. The molecule has 0 spiro atoms. The summed E-state index contributed by atoms with van der Waals surface area (Å²) in [4.78, 5) is 14.3. The summed E-state index contributed by atoms with van der Waals surface area (Å²) in [6.07, 6.45) is 3.73. The zero-order valence-electron chi connectivity index (χ0n) is 16.6.